The lowest BCUT2D eigenvalue weighted by Gasteiger charge is -2.23. The van der Waals surface area contributed by atoms with E-state index in [2.05, 4.69) is 40.0 Å². The Morgan fingerprint density at radius 1 is 1.30 bits per heavy atom. The Balaban J connectivity index is 1.99. The van der Waals surface area contributed by atoms with Gasteiger partial charge in [-0.3, -0.25) is 4.68 Å². The third-order valence-electron chi connectivity index (χ3n) is 4.46. The maximum absolute atomic E-state index is 9.16. The van der Waals surface area contributed by atoms with Crippen LogP contribution in [0.3, 0.4) is 0 Å². The van der Waals surface area contributed by atoms with Gasteiger partial charge >= 0.3 is 0 Å². The highest BCUT2D eigenvalue weighted by Crippen LogP contribution is 2.30. The van der Waals surface area contributed by atoms with Gasteiger partial charge in [-0.15, -0.1) is 0 Å². The number of aromatic amines is 1. The van der Waals surface area contributed by atoms with Crippen LogP contribution in [0.15, 0.2) is 31.0 Å². The Bertz CT molecular complexity index is 821. The lowest BCUT2D eigenvalue weighted by molar-refractivity contribution is 0.293. The van der Waals surface area contributed by atoms with Crippen LogP contribution < -0.4 is 0 Å². The summed E-state index contributed by atoms with van der Waals surface area (Å²) in [5.74, 6) is 0.445. The van der Waals surface area contributed by atoms with Gasteiger partial charge in [-0.2, -0.15) is 10.4 Å². The van der Waals surface area contributed by atoms with Crippen molar-refractivity contribution in [1.82, 2.24) is 24.7 Å². The summed E-state index contributed by atoms with van der Waals surface area (Å²) in [7, 11) is 0. The average Bonchev–Trinajstić information content (AvgIpc) is 3.24. The third kappa shape index (κ3) is 2.82. The number of hydrogen-bond acceptors (Lipinski definition) is 4. The second-order valence-electron chi connectivity index (χ2n) is 5.68. The molecule has 0 saturated heterocycles. The van der Waals surface area contributed by atoms with Crippen LogP contribution in [-0.4, -0.2) is 24.7 Å². The van der Waals surface area contributed by atoms with E-state index < -0.39 is 0 Å². The Kier molecular flexibility index (Phi) is 4.38. The van der Waals surface area contributed by atoms with E-state index in [1.54, 1.807) is 6.33 Å². The monoisotopic (exact) mass is 308 g/mol. The molecule has 6 heteroatoms. The van der Waals surface area contributed by atoms with Gasteiger partial charge in [0.2, 0.25) is 0 Å². The smallest absolute Gasteiger partial charge is 0.141 e. The Hall–Kier alpha value is -2.68. The number of fused-ring (bicyclic) bond motifs is 1. The fraction of sp³-hybridized carbons (Fsp3) is 0.412. The molecule has 3 aromatic rings. The molecule has 0 aliphatic carbocycles. The van der Waals surface area contributed by atoms with E-state index >= 15 is 0 Å². The Morgan fingerprint density at radius 3 is 2.87 bits per heavy atom. The molecule has 23 heavy (non-hydrogen) atoms. The van der Waals surface area contributed by atoms with Gasteiger partial charge in [-0.1, -0.05) is 26.7 Å². The minimum Gasteiger partial charge on any atom is -0.346 e. The maximum atomic E-state index is 9.16. The summed E-state index contributed by atoms with van der Waals surface area (Å²) in [6.07, 6.45) is 9.77. The van der Waals surface area contributed by atoms with E-state index in [9.17, 15) is 0 Å². The standard InChI is InChI=1S/C17H20N6/c1-3-12(4-2)15(5-7-18)23-10-13(9-22-23)16-14-6-8-19-17(14)21-11-20-16/h6,8-12,15H,3-5H2,1-2H3,(H,19,20,21). The molecule has 0 aromatic carbocycles. The fourth-order valence-corrected chi connectivity index (χ4v) is 3.15. The highest BCUT2D eigenvalue weighted by Gasteiger charge is 2.21. The number of nitrogens with zero attached hydrogens (tertiary/aromatic N) is 5. The van der Waals surface area contributed by atoms with Crippen LogP contribution in [0, 0.1) is 17.2 Å². The minimum absolute atomic E-state index is 0.104. The second kappa shape index (κ2) is 6.61. The van der Waals surface area contributed by atoms with Gasteiger partial charge in [0.25, 0.3) is 0 Å². The Labute approximate surface area is 135 Å². The van der Waals surface area contributed by atoms with Gasteiger partial charge in [0.05, 0.1) is 30.4 Å². The maximum Gasteiger partial charge on any atom is 0.141 e. The van der Waals surface area contributed by atoms with E-state index in [0.29, 0.717) is 12.3 Å². The molecule has 0 fully saturated rings. The molecule has 0 saturated carbocycles. The molecule has 3 rings (SSSR count). The van der Waals surface area contributed by atoms with Crippen LogP contribution in [0.5, 0.6) is 0 Å². The van der Waals surface area contributed by atoms with Crippen molar-refractivity contribution in [3.63, 3.8) is 0 Å². The van der Waals surface area contributed by atoms with Crippen LogP contribution in [0.4, 0.5) is 0 Å². The lowest BCUT2D eigenvalue weighted by atomic mass is 9.92. The molecule has 1 unspecified atom stereocenters. The topological polar surface area (TPSA) is 83.2 Å². The SMILES string of the molecule is CCC(CC)C(CC#N)n1cc(-c2ncnc3[nH]ccc23)cn1. The first kappa shape index (κ1) is 15.2. The number of nitrogens with one attached hydrogen (secondary N) is 1. The summed E-state index contributed by atoms with van der Waals surface area (Å²) < 4.78 is 1.93. The molecule has 3 heterocycles. The lowest BCUT2D eigenvalue weighted by Crippen LogP contribution is -2.18. The predicted molar refractivity (Wildman–Crippen MR) is 88.4 cm³/mol. The van der Waals surface area contributed by atoms with Crippen molar-refractivity contribution < 1.29 is 0 Å². The number of hydrogen-bond donors (Lipinski definition) is 1. The normalized spacial score (nSPS) is 12.6. The minimum atomic E-state index is 0.104. The van der Waals surface area contributed by atoms with E-state index in [-0.39, 0.29) is 6.04 Å². The van der Waals surface area contributed by atoms with Crippen molar-refractivity contribution in [2.75, 3.05) is 0 Å². The predicted octanol–water partition coefficient (Wildman–Crippen LogP) is 3.71. The van der Waals surface area contributed by atoms with Crippen LogP contribution in [0.1, 0.15) is 39.2 Å². The number of nitriles is 1. The van der Waals surface area contributed by atoms with Crippen LogP contribution in [0.2, 0.25) is 0 Å². The second-order valence-corrected chi connectivity index (χ2v) is 5.68. The highest BCUT2D eigenvalue weighted by molar-refractivity contribution is 5.89. The van der Waals surface area contributed by atoms with Crippen molar-refractivity contribution in [3.05, 3.63) is 31.0 Å². The van der Waals surface area contributed by atoms with Crippen molar-refractivity contribution in [2.24, 2.45) is 5.92 Å². The zero-order valence-corrected chi connectivity index (χ0v) is 13.4. The molecule has 1 N–H and O–H groups in total. The van der Waals surface area contributed by atoms with Crippen LogP contribution in [0.25, 0.3) is 22.3 Å². The van der Waals surface area contributed by atoms with Crippen molar-refractivity contribution in [3.8, 4) is 17.3 Å². The third-order valence-corrected chi connectivity index (χ3v) is 4.46. The summed E-state index contributed by atoms with van der Waals surface area (Å²) in [4.78, 5) is 11.7. The van der Waals surface area contributed by atoms with Gasteiger partial charge in [0.15, 0.2) is 0 Å². The van der Waals surface area contributed by atoms with Gasteiger partial charge in [-0.25, -0.2) is 9.97 Å². The molecule has 0 spiro atoms. The first-order valence-electron chi connectivity index (χ1n) is 7.98. The molecule has 1 atom stereocenters. The summed E-state index contributed by atoms with van der Waals surface area (Å²) >= 11 is 0. The van der Waals surface area contributed by atoms with Crippen molar-refractivity contribution >= 4 is 11.0 Å². The molecule has 118 valence electrons. The fourth-order valence-electron chi connectivity index (χ4n) is 3.15. The molecular formula is C17H20N6. The van der Waals surface area contributed by atoms with Crippen LogP contribution >= 0.6 is 0 Å². The number of aromatic nitrogens is 5. The van der Waals surface area contributed by atoms with Gasteiger partial charge in [0.1, 0.15) is 12.0 Å². The van der Waals surface area contributed by atoms with Gasteiger partial charge in [0, 0.05) is 23.3 Å². The summed E-state index contributed by atoms with van der Waals surface area (Å²) in [5.41, 5.74) is 2.63. The van der Waals surface area contributed by atoms with Gasteiger partial charge in [-0.05, 0) is 12.0 Å². The molecule has 3 aromatic heterocycles. The van der Waals surface area contributed by atoms with E-state index in [1.165, 1.54) is 0 Å². The molecule has 6 nitrogen and oxygen atoms in total. The first-order valence-corrected chi connectivity index (χ1v) is 7.98. The Morgan fingerprint density at radius 2 is 2.13 bits per heavy atom. The van der Waals surface area contributed by atoms with Crippen molar-refractivity contribution in [1.29, 1.82) is 5.26 Å². The van der Waals surface area contributed by atoms with Gasteiger partial charge < -0.3 is 4.98 Å². The van der Waals surface area contributed by atoms with E-state index in [1.807, 2.05) is 29.3 Å². The zero-order chi connectivity index (χ0) is 16.2. The number of H-pyrrole nitrogens is 1. The summed E-state index contributed by atoms with van der Waals surface area (Å²) in [6, 6.07) is 4.37. The summed E-state index contributed by atoms with van der Waals surface area (Å²) in [5, 5.41) is 14.7. The largest absolute Gasteiger partial charge is 0.346 e. The molecule has 0 aliphatic rings. The van der Waals surface area contributed by atoms with Crippen LogP contribution in [-0.2, 0) is 0 Å². The van der Waals surface area contributed by atoms with E-state index in [0.717, 1.165) is 35.1 Å². The quantitative estimate of drug-likeness (QED) is 0.752. The molecule has 0 radical (unpaired) electrons. The summed E-state index contributed by atoms with van der Waals surface area (Å²) in [6.45, 7) is 4.33. The molecule has 0 bridgehead atoms. The molecule has 0 aliphatic heterocycles. The van der Waals surface area contributed by atoms with Crippen molar-refractivity contribution in [2.45, 2.75) is 39.2 Å². The average molecular weight is 308 g/mol. The number of rotatable bonds is 6. The van der Waals surface area contributed by atoms with E-state index in [4.69, 9.17) is 5.26 Å². The first-order chi connectivity index (χ1) is 11.3. The molecular weight excluding hydrogens is 288 g/mol. The molecule has 0 amide bonds. The highest BCUT2D eigenvalue weighted by atomic mass is 15.3. The zero-order valence-electron chi connectivity index (χ0n) is 13.4.